The molecule has 0 saturated heterocycles. The maximum absolute atomic E-state index is 6.09. The van der Waals surface area contributed by atoms with Crippen molar-refractivity contribution in [3.8, 4) is 0 Å². The lowest BCUT2D eigenvalue weighted by molar-refractivity contribution is 1.05. The van der Waals surface area contributed by atoms with Crippen LogP contribution in [0.3, 0.4) is 0 Å². The van der Waals surface area contributed by atoms with E-state index in [0.717, 1.165) is 22.0 Å². The number of nitrogens with zero attached hydrogens (tertiary/aromatic N) is 1. The summed E-state index contributed by atoms with van der Waals surface area (Å²) < 4.78 is 0. The monoisotopic (exact) mass is 373 g/mol. The average molecular weight is 374 g/mol. The van der Waals surface area contributed by atoms with E-state index in [0.29, 0.717) is 15.2 Å². The van der Waals surface area contributed by atoms with Gasteiger partial charge in [0.2, 0.25) is 0 Å². The predicted molar refractivity (Wildman–Crippen MR) is 107 cm³/mol. The lowest BCUT2D eigenvalue weighted by Gasteiger charge is -2.10. The van der Waals surface area contributed by atoms with Crippen LogP contribution >= 0.6 is 35.4 Å². The molecule has 0 aliphatic carbocycles. The number of thiocarbonyl (C=S) groups is 1. The van der Waals surface area contributed by atoms with Gasteiger partial charge in [0.25, 0.3) is 0 Å². The Morgan fingerprint density at radius 1 is 1.00 bits per heavy atom. The maximum Gasteiger partial charge on any atom is 0.191 e. The molecule has 3 rings (SSSR count). The molecule has 0 fully saturated rings. The first kappa shape index (κ1) is 16.7. The van der Waals surface area contributed by atoms with Gasteiger partial charge in [-0.25, -0.2) is 0 Å². The summed E-state index contributed by atoms with van der Waals surface area (Å²) in [6.07, 6.45) is 1.59. The minimum Gasteiger partial charge on any atom is -0.331 e. The molecular weight excluding hydrogens is 361 g/mol. The fraction of sp³-hybridized carbons (Fsp3) is 0. The van der Waals surface area contributed by atoms with Crippen LogP contribution in [-0.4, -0.2) is 11.3 Å². The molecule has 0 aliphatic rings. The van der Waals surface area contributed by atoms with E-state index in [-0.39, 0.29) is 0 Å². The molecule has 0 bridgehead atoms. The fourth-order valence-corrected chi connectivity index (χ4v) is 2.87. The molecule has 0 unspecified atom stereocenters. The highest BCUT2D eigenvalue weighted by Gasteiger charge is 2.02. The zero-order valence-corrected chi connectivity index (χ0v) is 14.8. The Kier molecular flexibility index (Phi) is 5.30. The van der Waals surface area contributed by atoms with Gasteiger partial charge in [0.15, 0.2) is 5.11 Å². The van der Waals surface area contributed by atoms with Crippen LogP contribution in [0.15, 0.2) is 65.8 Å². The first-order valence-electron chi connectivity index (χ1n) is 7.16. The van der Waals surface area contributed by atoms with Crippen molar-refractivity contribution in [2.75, 3.05) is 5.32 Å². The Hall–Kier alpha value is -2.14. The van der Waals surface area contributed by atoms with Crippen LogP contribution in [-0.2, 0) is 0 Å². The highest BCUT2D eigenvalue weighted by molar-refractivity contribution is 7.80. The van der Waals surface area contributed by atoms with Gasteiger partial charge in [0.1, 0.15) is 0 Å². The largest absolute Gasteiger partial charge is 0.331 e. The number of nitrogens with one attached hydrogen (secondary N) is 2. The zero-order valence-electron chi connectivity index (χ0n) is 12.5. The van der Waals surface area contributed by atoms with Gasteiger partial charge in [-0.05, 0) is 35.8 Å². The summed E-state index contributed by atoms with van der Waals surface area (Å²) in [6, 6.07) is 19.3. The molecule has 0 heterocycles. The molecule has 0 atom stereocenters. The number of halogens is 2. The third kappa shape index (κ3) is 4.03. The standard InChI is InChI=1S/C18H13Cl2N3S/c19-14-9-8-13(16(20)10-14)11-21-23-18(24)22-17-7-3-5-12-4-1-2-6-15(12)17/h1-11H,(H2,22,23,24). The van der Waals surface area contributed by atoms with Gasteiger partial charge < -0.3 is 5.32 Å². The highest BCUT2D eigenvalue weighted by atomic mass is 35.5. The van der Waals surface area contributed by atoms with Gasteiger partial charge in [0.05, 0.1) is 11.2 Å². The van der Waals surface area contributed by atoms with E-state index in [4.69, 9.17) is 35.4 Å². The van der Waals surface area contributed by atoms with Crippen LogP contribution in [0, 0.1) is 0 Å². The van der Waals surface area contributed by atoms with E-state index in [9.17, 15) is 0 Å². The molecular formula is C18H13Cl2N3S. The van der Waals surface area contributed by atoms with Crippen molar-refractivity contribution in [1.29, 1.82) is 0 Å². The van der Waals surface area contributed by atoms with Gasteiger partial charge in [-0.15, -0.1) is 0 Å². The van der Waals surface area contributed by atoms with Crippen molar-refractivity contribution in [3.05, 3.63) is 76.3 Å². The Morgan fingerprint density at radius 2 is 1.79 bits per heavy atom. The molecule has 0 aliphatic heterocycles. The average Bonchev–Trinajstić information content (AvgIpc) is 2.57. The molecule has 2 N–H and O–H groups in total. The van der Waals surface area contributed by atoms with Crippen molar-refractivity contribution in [2.45, 2.75) is 0 Å². The zero-order chi connectivity index (χ0) is 16.9. The van der Waals surface area contributed by atoms with Crippen LogP contribution in [0.4, 0.5) is 5.69 Å². The van der Waals surface area contributed by atoms with Crippen molar-refractivity contribution in [2.24, 2.45) is 5.10 Å². The summed E-state index contributed by atoms with van der Waals surface area (Å²) in [5, 5.41) is 11.0. The lowest BCUT2D eigenvalue weighted by atomic mass is 10.1. The van der Waals surface area contributed by atoms with Crippen LogP contribution in [0.25, 0.3) is 10.8 Å². The molecule has 0 radical (unpaired) electrons. The Balaban J connectivity index is 1.68. The van der Waals surface area contributed by atoms with Crippen molar-refractivity contribution in [3.63, 3.8) is 0 Å². The summed E-state index contributed by atoms with van der Waals surface area (Å²) in [5.41, 5.74) is 4.46. The van der Waals surface area contributed by atoms with Gasteiger partial charge >= 0.3 is 0 Å². The molecule has 0 spiro atoms. The number of hydrogen-bond acceptors (Lipinski definition) is 2. The quantitative estimate of drug-likeness (QED) is 0.363. The van der Waals surface area contributed by atoms with Crippen molar-refractivity contribution < 1.29 is 0 Å². The number of hydrogen-bond donors (Lipinski definition) is 2. The smallest absolute Gasteiger partial charge is 0.191 e. The van der Waals surface area contributed by atoms with Crippen molar-refractivity contribution in [1.82, 2.24) is 5.43 Å². The molecule has 6 heteroatoms. The Bertz CT molecular complexity index is 920. The third-order valence-corrected chi connectivity index (χ3v) is 4.13. The summed E-state index contributed by atoms with van der Waals surface area (Å²) in [5.74, 6) is 0. The summed E-state index contributed by atoms with van der Waals surface area (Å²) in [7, 11) is 0. The second-order valence-electron chi connectivity index (χ2n) is 5.02. The molecule has 3 aromatic rings. The second kappa shape index (κ2) is 7.62. The topological polar surface area (TPSA) is 36.4 Å². The van der Waals surface area contributed by atoms with E-state index in [1.54, 1.807) is 24.4 Å². The normalized spacial score (nSPS) is 10.9. The number of rotatable bonds is 3. The second-order valence-corrected chi connectivity index (χ2v) is 6.27. The number of benzene rings is 3. The summed E-state index contributed by atoms with van der Waals surface area (Å²) >= 11 is 17.2. The number of anilines is 1. The first-order valence-corrected chi connectivity index (χ1v) is 8.33. The molecule has 0 aromatic heterocycles. The Morgan fingerprint density at radius 3 is 2.62 bits per heavy atom. The maximum atomic E-state index is 6.09. The highest BCUT2D eigenvalue weighted by Crippen LogP contribution is 2.23. The molecule has 3 aromatic carbocycles. The third-order valence-electron chi connectivity index (χ3n) is 3.37. The molecule has 3 nitrogen and oxygen atoms in total. The summed E-state index contributed by atoms with van der Waals surface area (Å²) in [6.45, 7) is 0. The minimum atomic E-state index is 0.396. The van der Waals surface area contributed by atoms with E-state index >= 15 is 0 Å². The Labute approximate surface area is 155 Å². The number of hydrazone groups is 1. The van der Waals surface area contributed by atoms with Gasteiger partial charge in [-0.3, -0.25) is 5.43 Å². The van der Waals surface area contributed by atoms with Gasteiger partial charge in [-0.2, -0.15) is 5.10 Å². The minimum absolute atomic E-state index is 0.396. The molecule has 0 saturated carbocycles. The van der Waals surface area contributed by atoms with Crippen LogP contribution in [0.5, 0.6) is 0 Å². The van der Waals surface area contributed by atoms with Gasteiger partial charge in [-0.1, -0.05) is 65.7 Å². The van der Waals surface area contributed by atoms with Gasteiger partial charge in [0, 0.05) is 21.7 Å². The van der Waals surface area contributed by atoms with E-state index < -0.39 is 0 Å². The molecule has 24 heavy (non-hydrogen) atoms. The predicted octanol–water partition coefficient (Wildman–Crippen LogP) is 5.47. The fourth-order valence-electron chi connectivity index (χ4n) is 2.25. The van der Waals surface area contributed by atoms with E-state index in [2.05, 4.69) is 28.0 Å². The van der Waals surface area contributed by atoms with E-state index in [1.165, 1.54) is 0 Å². The van der Waals surface area contributed by atoms with Crippen LogP contribution in [0.2, 0.25) is 10.0 Å². The SMILES string of the molecule is S=C(NN=Cc1ccc(Cl)cc1Cl)Nc1cccc2ccccc12. The van der Waals surface area contributed by atoms with Crippen LogP contribution in [0.1, 0.15) is 5.56 Å². The van der Waals surface area contributed by atoms with Crippen molar-refractivity contribution >= 4 is 63.2 Å². The number of fused-ring (bicyclic) bond motifs is 1. The lowest BCUT2D eigenvalue weighted by Crippen LogP contribution is -2.23. The molecule has 120 valence electrons. The first-order chi connectivity index (χ1) is 11.6. The summed E-state index contributed by atoms with van der Waals surface area (Å²) in [4.78, 5) is 0. The van der Waals surface area contributed by atoms with E-state index in [1.807, 2.05) is 30.3 Å². The van der Waals surface area contributed by atoms with Crippen LogP contribution < -0.4 is 10.7 Å². The molecule has 0 amide bonds.